The Morgan fingerprint density at radius 1 is 1.38 bits per heavy atom. The Hall–Kier alpha value is -1.66. The number of ether oxygens (including phenoxy) is 1. The third-order valence-electron chi connectivity index (χ3n) is 4.17. The van der Waals surface area contributed by atoms with Gasteiger partial charge in [0.1, 0.15) is 5.75 Å². The quantitative estimate of drug-likeness (QED) is 0.790. The van der Waals surface area contributed by atoms with Crippen LogP contribution >= 0.6 is 24.0 Å². The highest BCUT2D eigenvalue weighted by molar-refractivity contribution is 6.33. The van der Waals surface area contributed by atoms with Crippen LogP contribution in [0, 0.1) is 5.92 Å². The van der Waals surface area contributed by atoms with Gasteiger partial charge in [0.15, 0.2) is 0 Å². The zero-order chi connectivity index (χ0) is 17.0. The van der Waals surface area contributed by atoms with Gasteiger partial charge in [-0.3, -0.25) is 9.59 Å². The molecule has 0 aliphatic carbocycles. The molecule has 8 heteroatoms. The fourth-order valence-corrected chi connectivity index (χ4v) is 2.86. The number of benzene rings is 1. The van der Waals surface area contributed by atoms with Crippen molar-refractivity contribution in [2.45, 2.75) is 19.8 Å². The van der Waals surface area contributed by atoms with Crippen molar-refractivity contribution < 1.29 is 14.3 Å². The average Bonchev–Trinajstić information content (AvgIpc) is 2.55. The Kier molecular flexibility index (Phi) is 7.63. The minimum absolute atomic E-state index is 0. The molecule has 1 saturated heterocycles. The number of carbonyl (C=O) groups excluding carboxylic acids is 2. The van der Waals surface area contributed by atoms with Crippen molar-refractivity contribution in [3.8, 4) is 5.75 Å². The van der Waals surface area contributed by atoms with Crippen molar-refractivity contribution >= 4 is 41.5 Å². The van der Waals surface area contributed by atoms with Crippen molar-refractivity contribution in [1.29, 1.82) is 0 Å². The minimum atomic E-state index is -0.238. The van der Waals surface area contributed by atoms with E-state index in [-0.39, 0.29) is 24.2 Å². The molecule has 1 aliphatic rings. The Morgan fingerprint density at radius 3 is 2.54 bits per heavy atom. The van der Waals surface area contributed by atoms with E-state index >= 15 is 0 Å². The lowest BCUT2D eigenvalue weighted by atomic mass is 9.96. The summed E-state index contributed by atoms with van der Waals surface area (Å²) >= 11 is 5.98. The second kappa shape index (κ2) is 8.99. The number of likely N-dealkylation sites (tertiary alicyclic amines) is 1. The molecule has 0 bridgehead atoms. The summed E-state index contributed by atoms with van der Waals surface area (Å²) in [6, 6.07) is 3.06. The van der Waals surface area contributed by atoms with Crippen LogP contribution in [0.2, 0.25) is 5.02 Å². The summed E-state index contributed by atoms with van der Waals surface area (Å²) < 4.78 is 5.19. The molecule has 1 aromatic rings. The Balaban J connectivity index is 0.00000288. The van der Waals surface area contributed by atoms with Gasteiger partial charge >= 0.3 is 0 Å². The third-order valence-corrected chi connectivity index (χ3v) is 4.50. The van der Waals surface area contributed by atoms with Crippen molar-refractivity contribution in [2.75, 3.05) is 32.5 Å². The first-order valence-electron chi connectivity index (χ1n) is 7.59. The normalized spacial score (nSPS) is 14.7. The first kappa shape index (κ1) is 20.4. The number of nitrogens with zero attached hydrogens (tertiary/aromatic N) is 1. The van der Waals surface area contributed by atoms with Crippen LogP contribution in [0.4, 0.5) is 5.69 Å². The van der Waals surface area contributed by atoms with Gasteiger partial charge in [0.05, 0.1) is 23.4 Å². The second-order valence-electron chi connectivity index (χ2n) is 5.73. The molecular weight excluding hydrogens is 353 g/mol. The Morgan fingerprint density at radius 2 is 2.00 bits per heavy atom. The second-order valence-corrected chi connectivity index (χ2v) is 6.14. The molecule has 6 nitrogen and oxygen atoms in total. The van der Waals surface area contributed by atoms with Gasteiger partial charge in [0, 0.05) is 32.6 Å². The molecule has 134 valence electrons. The number of carbonyl (C=O) groups is 2. The van der Waals surface area contributed by atoms with E-state index in [2.05, 4.69) is 5.32 Å². The number of halogens is 2. The number of nitrogens with two attached hydrogens (primary N) is 1. The standard InChI is InChI=1S/C16H22ClN3O3.ClH/c1-10(21)20-5-3-11(4-6-20)9-19-16(22)12-7-13(17)14(18)8-15(12)23-2;/h7-8,11H,3-6,9,18H2,1-2H3,(H,19,22);1H. The molecule has 3 N–H and O–H groups in total. The van der Waals surface area contributed by atoms with Crippen LogP contribution in [0.1, 0.15) is 30.1 Å². The monoisotopic (exact) mass is 375 g/mol. The van der Waals surface area contributed by atoms with Crippen molar-refractivity contribution in [1.82, 2.24) is 10.2 Å². The summed E-state index contributed by atoms with van der Waals surface area (Å²) in [5.74, 6) is 0.632. The number of methoxy groups -OCH3 is 1. The van der Waals surface area contributed by atoms with Crippen LogP contribution in [-0.2, 0) is 4.79 Å². The van der Waals surface area contributed by atoms with E-state index < -0.39 is 0 Å². The van der Waals surface area contributed by atoms with E-state index in [4.69, 9.17) is 22.1 Å². The highest BCUT2D eigenvalue weighted by atomic mass is 35.5. The van der Waals surface area contributed by atoms with Crippen LogP contribution < -0.4 is 15.8 Å². The highest BCUT2D eigenvalue weighted by Gasteiger charge is 2.22. The van der Waals surface area contributed by atoms with E-state index in [0.29, 0.717) is 34.5 Å². The third kappa shape index (κ3) is 4.92. The lowest BCUT2D eigenvalue weighted by molar-refractivity contribution is -0.130. The first-order chi connectivity index (χ1) is 10.9. The molecule has 1 fully saturated rings. The summed E-state index contributed by atoms with van der Waals surface area (Å²) in [5.41, 5.74) is 6.46. The zero-order valence-electron chi connectivity index (χ0n) is 13.8. The molecule has 0 aromatic heterocycles. The maximum absolute atomic E-state index is 12.3. The number of nitrogens with one attached hydrogen (secondary N) is 1. The molecule has 0 saturated carbocycles. The zero-order valence-corrected chi connectivity index (χ0v) is 15.4. The molecule has 0 unspecified atom stereocenters. The molecule has 0 radical (unpaired) electrons. The SMILES string of the molecule is COc1cc(N)c(Cl)cc1C(=O)NCC1CCN(C(C)=O)CC1.Cl. The fourth-order valence-electron chi connectivity index (χ4n) is 2.70. The first-order valence-corrected chi connectivity index (χ1v) is 7.97. The highest BCUT2D eigenvalue weighted by Crippen LogP contribution is 2.28. The lowest BCUT2D eigenvalue weighted by Gasteiger charge is -2.31. The van der Waals surface area contributed by atoms with E-state index in [0.717, 1.165) is 25.9 Å². The van der Waals surface area contributed by atoms with E-state index in [1.807, 2.05) is 4.90 Å². The number of rotatable bonds is 4. The van der Waals surface area contributed by atoms with Gasteiger partial charge in [-0.1, -0.05) is 11.6 Å². The largest absolute Gasteiger partial charge is 0.496 e. The topological polar surface area (TPSA) is 84.7 Å². The van der Waals surface area contributed by atoms with Crippen molar-refractivity contribution in [3.63, 3.8) is 0 Å². The molecule has 1 aliphatic heterocycles. The van der Waals surface area contributed by atoms with Gasteiger partial charge in [-0.15, -0.1) is 12.4 Å². The van der Waals surface area contributed by atoms with Crippen LogP contribution in [-0.4, -0.2) is 43.5 Å². The van der Waals surface area contributed by atoms with Crippen molar-refractivity contribution in [3.05, 3.63) is 22.7 Å². The molecule has 0 atom stereocenters. The predicted molar refractivity (Wildman–Crippen MR) is 97.0 cm³/mol. The van der Waals surface area contributed by atoms with Gasteiger partial charge in [-0.2, -0.15) is 0 Å². The summed E-state index contributed by atoms with van der Waals surface area (Å²) in [5, 5.41) is 3.24. The summed E-state index contributed by atoms with van der Waals surface area (Å²) in [4.78, 5) is 25.5. The smallest absolute Gasteiger partial charge is 0.255 e. The summed E-state index contributed by atoms with van der Waals surface area (Å²) in [6.07, 6.45) is 1.78. The molecule has 2 rings (SSSR count). The Labute approximate surface area is 153 Å². The van der Waals surface area contributed by atoms with Crippen molar-refractivity contribution in [2.24, 2.45) is 5.92 Å². The number of anilines is 1. The van der Waals surface area contributed by atoms with Crippen LogP contribution in [0.15, 0.2) is 12.1 Å². The maximum atomic E-state index is 12.3. The number of amides is 2. The average molecular weight is 376 g/mol. The summed E-state index contributed by atoms with van der Waals surface area (Å²) in [6.45, 7) is 3.63. The molecule has 0 spiro atoms. The molecule has 24 heavy (non-hydrogen) atoms. The maximum Gasteiger partial charge on any atom is 0.255 e. The van der Waals surface area contributed by atoms with E-state index in [1.165, 1.54) is 13.2 Å². The molecule has 2 amide bonds. The molecular formula is C16H23Cl2N3O3. The van der Waals surface area contributed by atoms with Gasteiger partial charge in [0.2, 0.25) is 5.91 Å². The van der Waals surface area contributed by atoms with Crippen LogP contribution in [0.5, 0.6) is 5.75 Å². The van der Waals surface area contributed by atoms with Gasteiger partial charge in [0.25, 0.3) is 5.91 Å². The number of hydrogen-bond acceptors (Lipinski definition) is 4. The van der Waals surface area contributed by atoms with Crippen LogP contribution in [0.3, 0.4) is 0 Å². The van der Waals surface area contributed by atoms with E-state index in [9.17, 15) is 9.59 Å². The minimum Gasteiger partial charge on any atom is -0.496 e. The van der Waals surface area contributed by atoms with Gasteiger partial charge < -0.3 is 20.7 Å². The predicted octanol–water partition coefficient (Wildman–Crippen LogP) is 2.34. The van der Waals surface area contributed by atoms with Gasteiger partial charge in [-0.05, 0) is 24.8 Å². The lowest BCUT2D eigenvalue weighted by Crippen LogP contribution is -2.40. The van der Waals surface area contributed by atoms with E-state index in [1.54, 1.807) is 13.0 Å². The fraction of sp³-hybridized carbons (Fsp3) is 0.500. The molecule has 1 aromatic carbocycles. The van der Waals surface area contributed by atoms with Crippen LogP contribution in [0.25, 0.3) is 0 Å². The number of piperidine rings is 1. The van der Waals surface area contributed by atoms with Gasteiger partial charge in [-0.25, -0.2) is 0 Å². The number of nitrogen functional groups attached to an aromatic ring is 1. The molecule has 1 heterocycles. The number of hydrogen-bond donors (Lipinski definition) is 2. The Bertz CT molecular complexity index is 602. The summed E-state index contributed by atoms with van der Waals surface area (Å²) in [7, 11) is 1.48.